The molecule has 4 rings (SSSR count). The molecule has 0 amide bonds. The van der Waals surface area contributed by atoms with Crippen LogP contribution < -0.4 is 5.32 Å². The predicted molar refractivity (Wildman–Crippen MR) is 114 cm³/mol. The van der Waals surface area contributed by atoms with Crippen molar-refractivity contribution in [1.82, 2.24) is 20.2 Å². The molecule has 0 aliphatic heterocycles. The van der Waals surface area contributed by atoms with Crippen molar-refractivity contribution < 1.29 is 4.79 Å². The Bertz CT molecular complexity index is 935. The van der Waals surface area contributed by atoms with E-state index in [9.17, 15) is 4.79 Å². The molecule has 1 N–H and O–H groups in total. The molecular formula is C22H25N5OS. The number of thiazole rings is 1. The SMILES string of the molecule is CCNc1ncc(C2CC(Cc3ccc(CC(=O)Cc4ccccn4)nn3)C2)s1. The van der Waals surface area contributed by atoms with Crippen LogP contribution in [0.25, 0.3) is 0 Å². The van der Waals surface area contributed by atoms with Gasteiger partial charge in [-0.3, -0.25) is 9.78 Å². The maximum Gasteiger partial charge on any atom is 0.182 e. The van der Waals surface area contributed by atoms with E-state index in [4.69, 9.17) is 0 Å². The molecule has 150 valence electrons. The number of rotatable bonds is 9. The molecule has 0 aromatic carbocycles. The Labute approximate surface area is 174 Å². The minimum atomic E-state index is 0.106. The molecule has 3 aromatic heterocycles. The molecular weight excluding hydrogens is 382 g/mol. The van der Waals surface area contributed by atoms with Crippen LogP contribution in [0.2, 0.25) is 0 Å². The average Bonchev–Trinajstić information content (AvgIpc) is 3.14. The molecule has 0 saturated heterocycles. The summed E-state index contributed by atoms with van der Waals surface area (Å²) in [6.45, 7) is 2.99. The van der Waals surface area contributed by atoms with E-state index in [-0.39, 0.29) is 5.78 Å². The standard InChI is InChI=1S/C22H25N5OS/c1-2-23-22-25-14-21(29-22)16-9-15(10-16)11-18-6-7-19(27-26-18)13-20(28)12-17-5-3-4-8-24-17/h3-8,14-16H,2,9-13H2,1H3,(H,23,25). The average molecular weight is 408 g/mol. The van der Waals surface area contributed by atoms with Gasteiger partial charge in [-0.05, 0) is 62.3 Å². The van der Waals surface area contributed by atoms with Crippen molar-refractivity contribution in [2.24, 2.45) is 5.92 Å². The van der Waals surface area contributed by atoms with E-state index in [1.54, 1.807) is 17.5 Å². The first kappa shape index (κ1) is 19.6. The Morgan fingerprint density at radius 1 is 1.07 bits per heavy atom. The van der Waals surface area contributed by atoms with Crippen LogP contribution in [-0.2, 0) is 24.1 Å². The highest BCUT2D eigenvalue weighted by atomic mass is 32.1. The molecule has 1 aliphatic rings. The summed E-state index contributed by atoms with van der Waals surface area (Å²) in [4.78, 5) is 22.2. The highest BCUT2D eigenvalue weighted by Gasteiger charge is 2.32. The van der Waals surface area contributed by atoms with Crippen molar-refractivity contribution in [2.45, 2.75) is 44.9 Å². The number of carbonyl (C=O) groups excluding carboxylic acids is 1. The van der Waals surface area contributed by atoms with E-state index < -0.39 is 0 Å². The Balaban J connectivity index is 1.23. The predicted octanol–water partition coefficient (Wildman–Crippen LogP) is 3.85. The molecule has 0 bridgehead atoms. The monoisotopic (exact) mass is 407 g/mol. The van der Waals surface area contributed by atoms with Crippen LogP contribution in [-0.4, -0.2) is 32.5 Å². The van der Waals surface area contributed by atoms with Gasteiger partial charge >= 0.3 is 0 Å². The lowest BCUT2D eigenvalue weighted by Gasteiger charge is -2.34. The van der Waals surface area contributed by atoms with E-state index in [0.717, 1.165) is 35.2 Å². The molecule has 1 saturated carbocycles. The summed E-state index contributed by atoms with van der Waals surface area (Å²) in [5, 5.41) is 12.9. The lowest BCUT2D eigenvalue weighted by Crippen LogP contribution is -2.23. The second-order valence-corrected chi connectivity index (χ2v) is 8.63. The minimum Gasteiger partial charge on any atom is -0.362 e. The molecule has 3 aromatic rings. The first-order valence-corrected chi connectivity index (χ1v) is 10.9. The summed E-state index contributed by atoms with van der Waals surface area (Å²) in [5.41, 5.74) is 2.52. The first-order valence-electron chi connectivity index (χ1n) is 10.1. The number of aromatic nitrogens is 4. The van der Waals surface area contributed by atoms with E-state index in [1.165, 1.54) is 17.7 Å². The lowest BCUT2D eigenvalue weighted by molar-refractivity contribution is -0.117. The molecule has 6 nitrogen and oxygen atoms in total. The topological polar surface area (TPSA) is 80.7 Å². The maximum absolute atomic E-state index is 12.2. The second kappa shape index (κ2) is 9.22. The summed E-state index contributed by atoms with van der Waals surface area (Å²) < 4.78 is 0. The summed E-state index contributed by atoms with van der Waals surface area (Å²) in [7, 11) is 0. The molecule has 1 fully saturated rings. The largest absolute Gasteiger partial charge is 0.362 e. The number of pyridine rings is 1. The molecule has 0 spiro atoms. The van der Waals surface area contributed by atoms with Gasteiger partial charge < -0.3 is 5.32 Å². The number of Topliss-reactive ketones (excluding diaryl/α,β-unsaturated/α-hetero) is 1. The van der Waals surface area contributed by atoms with Crippen LogP contribution in [0, 0.1) is 5.92 Å². The highest BCUT2D eigenvalue weighted by molar-refractivity contribution is 7.15. The van der Waals surface area contributed by atoms with Crippen molar-refractivity contribution in [3.05, 3.63) is 64.7 Å². The van der Waals surface area contributed by atoms with Gasteiger partial charge in [-0.2, -0.15) is 10.2 Å². The third-order valence-corrected chi connectivity index (χ3v) is 6.36. The van der Waals surface area contributed by atoms with Gasteiger partial charge in [-0.1, -0.05) is 6.07 Å². The highest BCUT2D eigenvalue weighted by Crippen LogP contribution is 2.45. The van der Waals surface area contributed by atoms with Crippen molar-refractivity contribution in [3.8, 4) is 0 Å². The number of ketones is 1. The summed E-state index contributed by atoms with van der Waals surface area (Å²) in [6, 6.07) is 9.55. The molecule has 3 heterocycles. The van der Waals surface area contributed by atoms with Crippen LogP contribution in [0.5, 0.6) is 0 Å². The zero-order chi connectivity index (χ0) is 20.1. The van der Waals surface area contributed by atoms with Crippen LogP contribution in [0.1, 0.15) is 47.6 Å². The second-order valence-electron chi connectivity index (χ2n) is 7.57. The van der Waals surface area contributed by atoms with E-state index in [0.29, 0.717) is 24.7 Å². The van der Waals surface area contributed by atoms with Crippen molar-refractivity contribution in [1.29, 1.82) is 0 Å². The molecule has 0 atom stereocenters. The van der Waals surface area contributed by atoms with Crippen LogP contribution in [0.3, 0.4) is 0 Å². The number of nitrogens with one attached hydrogen (secondary N) is 1. The van der Waals surface area contributed by atoms with Gasteiger partial charge in [0.25, 0.3) is 0 Å². The van der Waals surface area contributed by atoms with Gasteiger partial charge in [0.1, 0.15) is 5.78 Å². The van der Waals surface area contributed by atoms with Crippen LogP contribution >= 0.6 is 11.3 Å². The molecule has 29 heavy (non-hydrogen) atoms. The number of nitrogens with zero attached hydrogens (tertiary/aromatic N) is 4. The Morgan fingerprint density at radius 2 is 1.86 bits per heavy atom. The van der Waals surface area contributed by atoms with Crippen molar-refractivity contribution in [2.75, 3.05) is 11.9 Å². The normalized spacial score (nSPS) is 18.2. The Hall–Kier alpha value is -2.67. The van der Waals surface area contributed by atoms with Crippen molar-refractivity contribution >= 4 is 22.3 Å². The summed E-state index contributed by atoms with van der Waals surface area (Å²) in [5.74, 6) is 1.38. The van der Waals surface area contributed by atoms with Gasteiger partial charge in [0, 0.05) is 35.9 Å². The van der Waals surface area contributed by atoms with Gasteiger partial charge in [0.05, 0.1) is 17.8 Å². The van der Waals surface area contributed by atoms with Crippen LogP contribution in [0.15, 0.2) is 42.7 Å². The third kappa shape index (κ3) is 5.23. The van der Waals surface area contributed by atoms with E-state index in [1.807, 2.05) is 36.5 Å². The van der Waals surface area contributed by atoms with Crippen molar-refractivity contribution in [3.63, 3.8) is 0 Å². The number of hydrogen-bond acceptors (Lipinski definition) is 7. The zero-order valence-electron chi connectivity index (χ0n) is 16.5. The molecule has 7 heteroatoms. The summed E-state index contributed by atoms with van der Waals surface area (Å²) >= 11 is 1.77. The maximum atomic E-state index is 12.2. The Morgan fingerprint density at radius 3 is 2.59 bits per heavy atom. The smallest absolute Gasteiger partial charge is 0.182 e. The third-order valence-electron chi connectivity index (χ3n) is 5.25. The number of anilines is 1. The quantitative estimate of drug-likeness (QED) is 0.580. The Kier molecular flexibility index (Phi) is 6.24. The van der Waals surface area contributed by atoms with E-state index in [2.05, 4.69) is 32.4 Å². The van der Waals surface area contributed by atoms with E-state index >= 15 is 0 Å². The fourth-order valence-electron chi connectivity index (χ4n) is 3.70. The summed E-state index contributed by atoms with van der Waals surface area (Å²) in [6.07, 6.45) is 7.66. The van der Waals surface area contributed by atoms with Gasteiger partial charge in [-0.15, -0.1) is 11.3 Å². The zero-order valence-corrected chi connectivity index (χ0v) is 17.4. The fraction of sp³-hybridized carbons (Fsp3) is 0.409. The number of hydrogen-bond donors (Lipinski definition) is 1. The number of carbonyl (C=O) groups is 1. The van der Waals surface area contributed by atoms with Crippen LogP contribution in [0.4, 0.5) is 5.13 Å². The van der Waals surface area contributed by atoms with Gasteiger partial charge in [0.2, 0.25) is 0 Å². The minimum absolute atomic E-state index is 0.106. The molecule has 1 aliphatic carbocycles. The fourth-order valence-corrected chi connectivity index (χ4v) is 4.71. The lowest BCUT2D eigenvalue weighted by atomic mass is 9.72. The first-order chi connectivity index (χ1) is 14.2. The van der Waals surface area contributed by atoms with Gasteiger partial charge in [-0.25, -0.2) is 4.98 Å². The molecule has 0 radical (unpaired) electrons. The molecule has 0 unspecified atom stereocenters. The van der Waals surface area contributed by atoms with Gasteiger partial charge in [0.15, 0.2) is 5.13 Å².